The number of rotatable bonds is 8. The molecule has 0 aromatic carbocycles. The zero-order valence-corrected chi connectivity index (χ0v) is 10.5. The number of hydrogen-bond donors (Lipinski definition) is 2. The topological polar surface area (TPSA) is 58.4 Å². The lowest BCUT2D eigenvalue weighted by Crippen LogP contribution is -2.40. The van der Waals surface area contributed by atoms with Crippen LogP contribution in [0.5, 0.6) is 0 Å². The Morgan fingerprint density at radius 2 is 2.19 bits per heavy atom. The largest absolute Gasteiger partial charge is 0.355 e. The van der Waals surface area contributed by atoms with Crippen molar-refractivity contribution in [1.82, 2.24) is 10.2 Å². The summed E-state index contributed by atoms with van der Waals surface area (Å²) in [5.41, 5.74) is 5.53. The van der Waals surface area contributed by atoms with Crippen LogP contribution in [0.4, 0.5) is 0 Å². The zero-order valence-electron chi connectivity index (χ0n) is 10.5. The summed E-state index contributed by atoms with van der Waals surface area (Å²) >= 11 is 0. The number of carbonyl (C=O) groups is 1. The van der Waals surface area contributed by atoms with E-state index in [0.717, 1.165) is 32.1 Å². The van der Waals surface area contributed by atoms with Crippen molar-refractivity contribution in [3.63, 3.8) is 0 Å². The minimum absolute atomic E-state index is 0.0176. The van der Waals surface area contributed by atoms with Crippen molar-refractivity contribution in [2.45, 2.75) is 39.2 Å². The fraction of sp³-hybridized carbons (Fsp3) is 0.917. The highest BCUT2D eigenvalue weighted by Gasteiger charge is 2.27. The summed E-state index contributed by atoms with van der Waals surface area (Å²) in [6, 6.07) is 0.776. The Bertz CT molecular complexity index is 212. The van der Waals surface area contributed by atoms with Crippen LogP contribution >= 0.6 is 0 Å². The Kier molecular flexibility index (Phi) is 5.77. The van der Waals surface area contributed by atoms with Gasteiger partial charge in [-0.2, -0.15) is 0 Å². The SMILES string of the molecule is CCC(CN)C(=O)NCCN(CC)C1CC1. The Morgan fingerprint density at radius 3 is 2.62 bits per heavy atom. The maximum atomic E-state index is 11.7. The average Bonchev–Trinajstić information content (AvgIpc) is 3.10. The molecule has 1 aliphatic rings. The maximum absolute atomic E-state index is 11.7. The molecule has 0 bridgehead atoms. The van der Waals surface area contributed by atoms with Crippen LogP contribution in [0.3, 0.4) is 0 Å². The second kappa shape index (κ2) is 6.86. The predicted octanol–water partition coefficient (Wildman–Crippen LogP) is 0.572. The molecule has 0 aromatic rings. The predicted molar refractivity (Wildman–Crippen MR) is 66.1 cm³/mol. The molecule has 0 aromatic heterocycles. The van der Waals surface area contributed by atoms with Crippen LogP contribution in [0.1, 0.15) is 33.1 Å². The van der Waals surface area contributed by atoms with Gasteiger partial charge in [-0.05, 0) is 25.8 Å². The third-order valence-corrected chi connectivity index (χ3v) is 3.32. The van der Waals surface area contributed by atoms with Crippen molar-refractivity contribution in [1.29, 1.82) is 0 Å². The molecule has 1 saturated carbocycles. The van der Waals surface area contributed by atoms with Gasteiger partial charge in [-0.25, -0.2) is 0 Å². The summed E-state index contributed by atoms with van der Waals surface area (Å²) in [5, 5.41) is 2.97. The van der Waals surface area contributed by atoms with E-state index in [0.29, 0.717) is 6.54 Å². The van der Waals surface area contributed by atoms with Gasteiger partial charge < -0.3 is 11.1 Å². The highest BCUT2D eigenvalue weighted by atomic mass is 16.1. The van der Waals surface area contributed by atoms with Crippen LogP contribution in [0.2, 0.25) is 0 Å². The van der Waals surface area contributed by atoms with Gasteiger partial charge in [-0.15, -0.1) is 0 Å². The second-order valence-corrected chi connectivity index (χ2v) is 4.49. The van der Waals surface area contributed by atoms with Gasteiger partial charge in [0.05, 0.1) is 0 Å². The monoisotopic (exact) mass is 227 g/mol. The van der Waals surface area contributed by atoms with Crippen LogP contribution in [0, 0.1) is 5.92 Å². The van der Waals surface area contributed by atoms with E-state index >= 15 is 0 Å². The fourth-order valence-electron chi connectivity index (χ4n) is 1.96. The van der Waals surface area contributed by atoms with Crippen molar-refractivity contribution in [3.8, 4) is 0 Å². The number of likely N-dealkylation sites (N-methyl/N-ethyl adjacent to an activating group) is 1. The van der Waals surface area contributed by atoms with E-state index in [4.69, 9.17) is 5.73 Å². The third kappa shape index (κ3) is 4.10. The lowest BCUT2D eigenvalue weighted by molar-refractivity contribution is -0.124. The molecule has 94 valence electrons. The van der Waals surface area contributed by atoms with Gasteiger partial charge in [0.1, 0.15) is 0 Å². The normalized spacial score (nSPS) is 17.5. The van der Waals surface area contributed by atoms with Crippen molar-refractivity contribution in [3.05, 3.63) is 0 Å². The van der Waals surface area contributed by atoms with Gasteiger partial charge in [-0.1, -0.05) is 13.8 Å². The third-order valence-electron chi connectivity index (χ3n) is 3.32. The smallest absolute Gasteiger partial charge is 0.224 e. The number of nitrogens with one attached hydrogen (secondary N) is 1. The molecule has 0 spiro atoms. The van der Waals surface area contributed by atoms with E-state index in [1.54, 1.807) is 0 Å². The maximum Gasteiger partial charge on any atom is 0.224 e. The van der Waals surface area contributed by atoms with Crippen LogP contribution < -0.4 is 11.1 Å². The van der Waals surface area contributed by atoms with E-state index in [1.807, 2.05) is 6.92 Å². The lowest BCUT2D eigenvalue weighted by Gasteiger charge is -2.20. The highest BCUT2D eigenvalue weighted by Crippen LogP contribution is 2.25. The summed E-state index contributed by atoms with van der Waals surface area (Å²) < 4.78 is 0. The van der Waals surface area contributed by atoms with Gasteiger partial charge >= 0.3 is 0 Å². The Hall–Kier alpha value is -0.610. The number of carbonyl (C=O) groups excluding carboxylic acids is 1. The van der Waals surface area contributed by atoms with Gasteiger partial charge in [0.25, 0.3) is 0 Å². The van der Waals surface area contributed by atoms with E-state index in [2.05, 4.69) is 17.1 Å². The minimum Gasteiger partial charge on any atom is -0.355 e. The molecule has 1 amide bonds. The molecule has 3 N–H and O–H groups in total. The van der Waals surface area contributed by atoms with Crippen molar-refractivity contribution in [2.24, 2.45) is 11.7 Å². The molecule has 4 nitrogen and oxygen atoms in total. The molecule has 4 heteroatoms. The van der Waals surface area contributed by atoms with E-state index in [-0.39, 0.29) is 11.8 Å². The van der Waals surface area contributed by atoms with Crippen LogP contribution in [0.15, 0.2) is 0 Å². The Morgan fingerprint density at radius 1 is 1.50 bits per heavy atom. The molecular formula is C12H25N3O. The minimum atomic E-state index is -0.0176. The molecule has 0 heterocycles. The summed E-state index contributed by atoms with van der Waals surface area (Å²) in [6.07, 6.45) is 3.47. The van der Waals surface area contributed by atoms with Gasteiger partial charge in [0.15, 0.2) is 0 Å². The van der Waals surface area contributed by atoms with Crippen LogP contribution in [0.25, 0.3) is 0 Å². The van der Waals surface area contributed by atoms with Crippen molar-refractivity contribution >= 4 is 5.91 Å². The van der Waals surface area contributed by atoms with Gasteiger partial charge in [0, 0.05) is 31.6 Å². The first-order valence-corrected chi connectivity index (χ1v) is 6.44. The first kappa shape index (κ1) is 13.5. The number of amides is 1. The molecule has 16 heavy (non-hydrogen) atoms. The molecule has 0 saturated heterocycles. The average molecular weight is 227 g/mol. The van der Waals surface area contributed by atoms with Crippen molar-refractivity contribution in [2.75, 3.05) is 26.2 Å². The lowest BCUT2D eigenvalue weighted by atomic mass is 10.1. The first-order chi connectivity index (χ1) is 7.72. The first-order valence-electron chi connectivity index (χ1n) is 6.44. The number of nitrogens with two attached hydrogens (primary N) is 1. The van der Waals surface area contributed by atoms with Gasteiger partial charge in [-0.3, -0.25) is 9.69 Å². The number of nitrogens with zero attached hydrogens (tertiary/aromatic N) is 1. The Balaban J connectivity index is 2.15. The fourth-order valence-corrected chi connectivity index (χ4v) is 1.96. The zero-order chi connectivity index (χ0) is 12.0. The summed E-state index contributed by atoms with van der Waals surface area (Å²) in [7, 11) is 0. The molecule has 1 unspecified atom stereocenters. The second-order valence-electron chi connectivity index (χ2n) is 4.49. The molecule has 0 aliphatic heterocycles. The molecule has 0 radical (unpaired) electrons. The van der Waals surface area contributed by atoms with Crippen LogP contribution in [-0.2, 0) is 4.79 Å². The van der Waals surface area contributed by atoms with E-state index in [9.17, 15) is 4.79 Å². The summed E-state index contributed by atoms with van der Waals surface area (Å²) in [6.45, 7) is 7.42. The quantitative estimate of drug-likeness (QED) is 0.637. The molecule has 1 fully saturated rings. The highest BCUT2D eigenvalue weighted by molar-refractivity contribution is 5.78. The number of hydrogen-bond acceptors (Lipinski definition) is 3. The Labute approximate surface area is 98.6 Å². The van der Waals surface area contributed by atoms with E-state index < -0.39 is 0 Å². The van der Waals surface area contributed by atoms with Crippen molar-refractivity contribution < 1.29 is 4.79 Å². The molecule has 1 aliphatic carbocycles. The van der Waals surface area contributed by atoms with E-state index in [1.165, 1.54) is 12.8 Å². The molecule has 1 rings (SSSR count). The molecule has 1 atom stereocenters. The van der Waals surface area contributed by atoms with Crippen LogP contribution in [-0.4, -0.2) is 43.0 Å². The summed E-state index contributed by atoms with van der Waals surface area (Å²) in [4.78, 5) is 14.1. The summed E-state index contributed by atoms with van der Waals surface area (Å²) in [5.74, 6) is 0.0906. The van der Waals surface area contributed by atoms with Gasteiger partial charge in [0.2, 0.25) is 5.91 Å². The molecular weight excluding hydrogens is 202 g/mol. The standard InChI is InChI=1S/C12H25N3O/c1-3-10(9-13)12(16)14-7-8-15(4-2)11-5-6-11/h10-11H,3-9,13H2,1-2H3,(H,14,16).